The van der Waals surface area contributed by atoms with Crippen molar-refractivity contribution in [2.45, 2.75) is 48.1 Å². The van der Waals surface area contributed by atoms with E-state index in [1.807, 2.05) is 12.1 Å². The van der Waals surface area contributed by atoms with E-state index >= 15 is 0 Å². The number of ether oxygens (including phenoxy) is 1. The molecule has 0 radical (unpaired) electrons. The van der Waals surface area contributed by atoms with Crippen LogP contribution in [0.2, 0.25) is 0 Å². The molecule has 5 rings (SSSR count). The number of benzene rings is 5. The minimum absolute atomic E-state index is 0.208. The second-order valence-electron chi connectivity index (χ2n) is 11.8. The van der Waals surface area contributed by atoms with Gasteiger partial charge < -0.3 is 9.64 Å². The van der Waals surface area contributed by atoms with Crippen LogP contribution in [0.4, 0.5) is 17.1 Å². The number of anilines is 3. The van der Waals surface area contributed by atoms with E-state index in [1.54, 1.807) is 6.92 Å². The molecule has 0 aliphatic carbocycles. The van der Waals surface area contributed by atoms with Gasteiger partial charge in [-0.1, -0.05) is 97.1 Å². The van der Waals surface area contributed by atoms with Crippen molar-refractivity contribution in [2.24, 2.45) is 0 Å². The van der Waals surface area contributed by atoms with E-state index in [-0.39, 0.29) is 12.6 Å². The Hall–Kier alpha value is -5.15. The van der Waals surface area contributed by atoms with E-state index in [1.165, 1.54) is 50.2 Å². The van der Waals surface area contributed by atoms with Crippen molar-refractivity contribution in [3.05, 3.63) is 171 Å². The number of carbonyl (C=O) groups excluding carboxylic acids is 1. The monoisotopic (exact) mass is 591 g/mol. The summed E-state index contributed by atoms with van der Waals surface area (Å²) in [7, 11) is 0. The molecule has 0 spiro atoms. The summed E-state index contributed by atoms with van der Waals surface area (Å²) >= 11 is 0. The van der Waals surface area contributed by atoms with Crippen molar-refractivity contribution in [3.8, 4) is 0 Å². The van der Waals surface area contributed by atoms with Gasteiger partial charge in [0, 0.05) is 16.9 Å². The van der Waals surface area contributed by atoms with Gasteiger partial charge in [0.25, 0.3) is 0 Å². The molecule has 0 aliphatic heterocycles. The van der Waals surface area contributed by atoms with E-state index < -0.39 is 0 Å². The minimum atomic E-state index is -0.381. The van der Waals surface area contributed by atoms with Crippen LogP contribution in [0.25, 0.3) is 11.6 Å². The molecule has 226 valence electrons. The SMILES string of the molecule is C=C(C)C(=O)OCc1ccc(N(c2ccc(/C=C(\c3ccccc3)c3ccc(C)cc3)cc2)c2c(C)cc(C)c(C)c2C)cc1. The van der Waals surface area contributed by atoms with Crippen LogP contribution in [0.15, 0.2) is 121 Å². The molecule has 45 heavy (non-hydrogen) atoms. The van der Waals surface area contributed by atoms with Crippen molar-refractivity contribution >= 4 is 34.7 Å². The molecule has 0 amide bonds. The molecule has 0 saturated carbocycles. The fourth-order valence-electron chi connectivity index (χ4n) is 5.61. The van der Waals surface area contributed by atoms with Gasteiger partial charge in [-0.2, -0.15) is 0 Å². The summed E-state index contributed by atoms with van der Waals surface area (Å²) in [5.74, 6) is -0.381. The predicted octanol–water partition coefficient (Wildman–Crippen LogP) is 10.9. The first kappa shape index (κ1) is 31.3. The number of rotatable bonds is 9. The zero-order valence-corrected chi connectivity index (χ0v) is 27.1. The molecule has 3 heteroatoms. The van der Waals surface area contributed by atoms with Gasteiger partial charge in [-0.3, -0.25) is 0 Å². The van der Waals surface area contributed by atoms with Crippen LogP contribution in [-0.4, -0.2) is 5.97 Å². The van der Waals surface area contributed by atoms with Gasteiger partial charge in [0.05, 0.1) is 5.69 Å². The second kappa shape index (κ2) is 13.7. The number of hydrogen-bond acceptors (Lipinski definition) is 3. The fraction of sp³-hybridized carbons (Fsp3) is 0.167. The molecular formula is C42H41NO2. The van der Waals surface area contributed by atoms with E-state index in [9.17, 15) is 4.79 Å². The third-order valence-electron chi connectivity index (χ3n) is 8.36. The quantitative estimate of drug-likeness (QED) is 0.0970. The summed E-state index contributed by atoms with van der Waals surface area (Å²) in [6.07, 6.45) is 2.27. The Labute approximate surface area is 268 Å². The summed E-state index contributed by atoms with van der Waals surface area (Å²) in [5, 5.41) is 0. The average molecular weight is 592 g/mol. The van der Waals surface area contributed by atoms with Crippen molar-refractivity contribution in [1.29, 1.82) is 0 Å². The highest BCUT2D eigenvalue weighted by molar-refractivity contribution is 5.92. The maximum Gasteiger partial charge on any atom is 0.333 e. The Morgan fingerprint density at radius 1 is 0.711 bits per heavy atom. The minimum Gasteiger partial charge on any atom is -0.457 e. The molecule has 0 fully saturated rings. The summed E-state index contributed by atoms with van der Waals surface area (Å²) in [6.45, 7) is 16.4. The maximum absolute atomic E-state index is 11.9. The van der Waals surface area contributed by atoms with Crippen molar-refractivity contribution < 1.29 is 9.53 Å². The first-order chi connectivity index (χ1) is 21.6. The molecule has 5 aromatic rings. The van der Waals surface area contributed by atoms with Crippen LogP contribution in [0.3, 0.4) is 0 Å². The number of carbonyl (C=O) groups is 1. The van der Waals surface area contributed by atoms with Gasteiger partial charge in [0.15, 0.2) is 0 Å². The van der Waals surface area contributed by atoms with Crippen LogP contribution < -0.4 is 4.90 Å². The smallest absolute Gasteiger partial charge is 0.333 e. The second-order valence-corrected chi connectivity index (χ2v) is 11.8. The van der Waals surface area contributed by atoms with Crippen molar-refractivity contribution in [3.63, 3.8) is 0 Å². The largest absolute Gasteiger partial charge is 0.457 e. The Morgan fingerprint density at radius 3 is 1.89 bits per heavy atom. The number of aryl methyl sites for hydroxylation is 3. The summed E-state index contributed by atoms with van der Waals surface area (Å²) in [5.41, 5.74) is 15.6. The van der Waals surface area contributed by atoms with E-state index in [0.717, 1.165) is 22.5 Å². The molecule has 0 N–H and O–H groups in total. The highest BCUT2D eigenvalue weighted by Gasteiger charge is 2.19. The van der Waals surface area contributed by atoms with Crippen molar-refractivity contribution in [1.82, 2.24) is 0 Å². The Balaban J connectivity index is 1.56. The average Bonchev–Trinajstić information content (AvgIpc) is 3.05. The summed E-state index contributed by atoms with van der Waals surface area (Å²) in [4.78, 5) is 14.3. The maximum atomic E-state index is 11.9. The number of nitrogens with zero attached hydrogens (tertiary/aromatic N) is 1. The standard InChI is InChI=1S/C42H41NO2/c1-28(2)42(44)45-27-35-17-23-39(24-18-35)43(41-31(5)25-30(4)32(6)33(41)7)38-21-15-34(16-22-38)26-40(36-11-9-8-10-12-36)37-19-13-29(3)14-20-37/h8-26H,1,27H2,2-7H3/b40-26+. The molecular weight excluding hydrogens is 550 g/mol. The lowest BCUT2D eigenvalue weighted by Gasteiger charge is -2.30. The molecule has 0 bridgehead atoms. The predicted molar refractivity (Wildman–Crippen MR) is 189 cm³/mol. The third-order valence-corrected chi connectivity index (χ3v) is 8.36. The van der Waals surface area contributed by atoms with Gasteiger partial charge in [0.1, 0.15) is 6.61 Å². The summed E-state index contributed by atoms with van der Waals surface area (Å²) in [6, 6.07) is 38.5. The molecule has 0 heterocycles. The van der Waals surface area contributed by atoms with Gasteiger partial charge in [-0.25, -0.2) is 4.79 Å². The Morgan fingerprint density at radius 2 is 1.29 bits per heavy atom. The molecule has 0 aromatic heterocycles. The lowest BCUT2D eigenvalue weighted by atomic mass is 9.94. The molecule has 0 unspecified atom stereocenters. The van der Waals surface area contributed by atoms with Crippen LogP contribution in [0, 0.1) is 34.6 Å². The topological polar surface area (TPSA) is 29.5 Å². The van der Waals surface area contributed by atoms with Crippen LogP contribution in [0.5, 0.6) is 0 Å². The lowest BCUT2D eigenvalue weighted by Crippen LogP contribution is -2.14. The fourth-order valence-corrected chi connectivity index (χ4v) is 5.61. The third kappa shape index (κ3) is 7.16. The van der Waals surface area contributed by atoms with Crippen LogP contribution in [0.1, 0.15) is 57.0 Å². The molecule has 0 atom stereocenters. The molecule has 0 aliphatic rings. The van der Waals surface area contributed by atoms with Crippen molar-refractivity contribution in [2.75, 3.05) is 4.90 Å². The van der Waals surface area contributed by atoms with Crippen LogP contribution in [-0.2, 0) is 16.1 Å². The van der Waals surface area contributed by atoms with Gasteiger partial charge in [-0.05, 0) is 122 Å². The van der Waals surface area contributed by atoms with Gasteiger partial charge >= 0.3 is 5.97 Å². The zero-order valence-electron chi connectivity index (χ0n) is 27.1. The first-order valence-electron chi connectivity index (χ1n) is 15.4. The summed E-state index contributed by atoms with van der Waals surface area (Å²) < 4.78 is 5.38. The zero-order chi connectivity index (χ0) is 32.1. The highest BCUT2D eigenvalue weighted by atomic mass is 16.5. The lowest BCUT2D eigenvalue weighted by molar-refractivity contribution is -0.140. The number of hydrogen-bond donors (Lipinski definition) is 0. The number of esters is 1. The van der Waals surface area contributed by atoms with Gasteiger partial charge in [-0.15, -0.1) is 0 Å². The van der Waals surface area contributed by atoms with E-state index in [0.29, 0.717) is 5.57 Å². The normalized spacial score (nSPS) is 11.3. The molecule has 3 nitrogen and oxygen atoms in total. The van der Waals surface area contributed by atoms with Gasteiger partial charge in [0.2, 0.25) is 0 Å². The molecule has 5 aromatic carbocycles. The Kier molecular flexibility index (Phi) is 9.49. The van der Waals surface area contributed by atoms with E-state index in [4.69, 9.17) is 4.74 Å². The van der Waals surface area contributed by atoms with E-state index in [2.05, 4.69) is 149 Å². The molecule has 0 saturated heterocycles. The Bertz CT molecular complexity index is 1850. The highest BCUT2D eigenvalue weighted by Crippen LogP contribution is 2.41. The van der Waals surface area contributed by atoms with Crippen LogP contribution >= 0.6 is 0 Å². The first-order valence-corrected chi connectivity index (χ1v) is 15.4.